The minimum Gasteiger partial charge on any atom is -0.458 e. The maximum Gasteiger partial charge on any atom is 0.303 e. The van der Waals surface area contributed by atoms with Gasteiger partial charge in [-0.15, -0.1) is 0 Å². The van der Waals surface area contributed by atoms with E-state index in [1.807, 2.05) is 0 Å². The maximum atomic E-state index is 13.1. The molecule has 4 aliphatic carbocycles. The summed E-state index contributed by atoms with van der Waals surface area (Å²) in [6, 6.07) is 0. The van der Waals surface area contributed by atoms with Crippen LogP contribution in [0.3, 0.4) is 0 Å². The SMILES string of the molecule is CCCCC1OC2(O1)C(=O)C=C1CC[C@H]3[C@@H]4CC[C@@H](C(=O)COC(C)=O)[C@@]4(C)CC[C@@H]3[C@@]1(C)C2O. The van der Waals surface area contributed by atoms with Crippen LogP contribution in [0, 0.1) is 34.5 Å². The van der Waals surface area contributed by atoms with Crippen LogP contribution in [0.25, 0.3) is 0 Å². The minimum absolute atomic E-state index is 0.0305. The predicted molar refractivity (Wildman–Crippen MR) is 127 cm³/mol. The Morgan fingerprint density at radius 2 is 1.89 bits per heavy atom. The zero-order valence-electron chi connectivity index (χ0n) is 21.5. The number of carbonyl (C=O) groups excluding carboxylic acids is 3. The number of hydrogen-bond donors (Lipinski definition) is 1. The zero-order chi connectivity index (χ0) is 25.2. The molecular formula is C28H40O7. The smallest absolute Gasteiger partial charge is 0.303 e. The molecular weight excluding hydrogens is 448 g/mol. The standard InChI is InChI=1S/C28H40O7/c1-5-6-7-24-34-28(35-24)23(31)14-17-8-9-18-19-10-11-21(22(30)15-33-16(2)29)26(19,3)13-12-20(18)27(17,4)25(28)32/h14,18-21,24-25,32H,5-13,15H2,1-4H3/t18-,19-,20-,21-,24?,25?,26-,27-,28?/m0/s1. The first-order valence-corrected chi connectivity index (χ1v) is 13.5. The van der Waals surface area contributed by atoms with E-state index in [2.05, 4.69) is 20.8 Å². The van der Waals surface area contributed by atoms with E-state index in [9.17, 15) is 19.5 Å². The third kappa shape index (κ3) is 3.59. The van der Waals surface area contributed by atoms with E-state index in [1.165, 1.54) is 6.92 Å². The molecule has 0 aromatic carbocycles. The summed E-state index contributed by atoms with van der Waals surface area (Å²) in [5.41, 5.74) is 0.307. The fourth-order valence-electron chi connectivity index (χ4n) is 8.59. The van der Waals surface area contributed by atoms with Gasteiger partial charge in [0, 0.05) is 18.3 Å². The van der Waals surface area contributed by atoms with E-state index < -0.39 is 29.6 Å². The second kappa shape index (κ2) is 8.77. The Morgan fingerprint density at radius 1 is 1.14 bits per heavy atom. The number of ether oxygens (including phenoxy) is 3. The molecule has 0 radical (unpaired) electrons. The van der Waals surface area contributed by atoms with Gasteiger partial charge in [0.25, 0.3) is 5.79 Å². The van der Waals surface area contributed by atoms with Crippen molar-refractivity contribution in [1.82, 2.24) is 0 Å². The van der Waals surface area contributed by atoms with Gasteiger partial charge in [0.15, 0.2) is 12.1 Å². The Kier molecular flexibility index (Phi) is 6.29. The van der Waals surface area contributed by atoms with Gasteiger partial charge in [0.2, 0.25) is 5.78 Å². The molecule has 7 nitrogen and oxygen atoms in total. The number of hydrogen-bond acceptors (Lipinski definition) is 7. The summed E-state index contributed by atoms with van der Waals surface area (Å²) in [6.45, 7) is 7.63. The molecule has 194 valence electrons. The molecule has 0 amide bonds. The van der Waals surface area contributed by atoms with E-state index in [0.717, 1.165) is 63.4 Å². The van der Waals surface area contributed by atoms with Crippen LogP contribution < -0.4 is 0 Å². The lowest BCUT2D eigenvalue weighted by molar-refractivity contribution is -0.460. The van der Waals surface area contributed by atoms with Crippen LogP contribution in [0.5, 0.6) is 0 Å². The quantitative estimate of drug-likeness (QED) is 0.562. The highest BCUT2D eigenvalue weighted by molar-refractivity contribution is 5.99. The van der Waals surface area contributed by atoms with Crippen LogP contribution in [-0.4, -0.2) is 47.4 Å². The third-order valence-corrected chi connectivity index (χ3v) is 10.4. The summed E-state index contributed by atoms with van der Waals surface area (Å²) in [7, 11) is 0. The fraction of sp³-hybridized carbons (Fsp3) is 0.821. The molecule has 1 N–H and O–H groups in total. The Bertz CT molecular complexity index is 934. The van der Waals surface area contributed by atoms with Crippen LogP contribution in [0.4, 0.5) is 0 Å². The topological polar surface area (TPSA) is 99.1 Å². The Hall–Kier alpha value is -1.57. The number of aliphatic hydroxyl groups excluding tert-OH is 1. The summed E-state index contributed by atoms with van der Waals surface area (Å²) in [5, 5.41) is 11.7. The van der Waals surface area contributed by atoms with Crippen molar-refractivity contribution < 1.29 is 33.7 Å². The lowest BCUT2D eigenvalue weighted by Gasteiger charge is -2.63. The highest BCUT2D eigenvalue weighted by Crippen LogP contribution is 2.68. The molecule has 5 rings (SSSR count). The van der Waals surface area contributed by atoms with Gasteiger partial charge in [-0.05, 0) is 80.6 Å². The normalized spacial score (nSPS) is 46.2. The highest BCUT2D eigenvalue weighted by atomic mass is 16.9. The molecule has 1 aliphatic heterocycles. The third-order valence-electron chi connectivity index (χ3n) is 10.4. The molecule has 0 bridgehead atoms. The first-order chi connectivity index (χ1) is 16.6. The van der Waals surface area contributed by atoms with Crippen molar-refractivity contribution in [3.8, 4) is 0 Å². The van der Waals surface area contributed by atoms with Crippen molar-refractivity contribution in [2.45, 2.75) is 104 Å². The van der Waals surface area contributed by atoms with Crippen LogP contribution in [0.2, 0.25) is 0 Å². The van der Waals surface area contributed by atoms with Gasteiger partial charge in [-0.3, -0.25) is 14.4 Å². The van der Waals surface area contributed by atoms with Crippen LogP contribution in [0.15, 0.2) is 11.6 Å². The maximum absolute atomic E-state index is 13.1. The summed E-state index contributed by atoms with van der Waals surface area (Å²) in [6.07, 6.45) is 8.20. The number of rotatable bonds is 6. The van der Waals surface area contributed by atoms with E-state index in [-0.39, 0.29) is 35.4 Å². The highest BCUT2D eigenvalue weighted by Gasteiger charge is 2.70. The van der Waals surface area contributed by atoms with Crippen molar-refractivity contribution in [2.75, 3.05) is 6.61 Å². The van der Waals surface area contributed by atoms with E-state index in [0.29, 0.717) is 11.8 Å². The summed E-state index contributed by atoms with van der Waals surface area (Å²) in [4.78, 5) is 37.3. The Balaban J connectivity index is 1.38. The van der Waals surface area contributed by atoms with Crippen molar-refractivity contribution in [2.24, 2.45) is 34.5 Å². The van der Waals surface area contributed by atoms with Crippen molar-refractivity contribution in [1.29, 1.82) is 0 Å². The molecule has 7 atom stereocenters. The molecule has 1 unspecified atom stereocenters. The van der Waals surface area contributed by atoms with Gasteiger partial charge < -0.3 is 19.3 Å². The number of Topliss-reactive ketones (excluding diaryl/α,β-unsaturated/α-hetero) is 1. The van der Waals surface area contributed by atoms with Crippen molar-refractivity contribution >= 4 is 17.5 Å². The van der Waals surface area contributed by atoms with Gasteiger partial charge in [0.1, 0.15) is 12.7 Å². The molecule has 0 aromatic heterocycles. The van der Waals surface area contributed by atoms with Gasteiger partial charge in [0.05, 0.1) is 0 Å². The largest absolute Gasteiger partial charge is 0.458 e. The average Bonchev–Trinajstić information content (AvgIpc) is 3.15. The second-order valence-corrected chi connectivity index (χ2v) is 12.0. The number of unbranched alkanes of at least 4 members (excludes halogenated alkanes) is 1. The van der Waals surface area contributed by atoms with Gasteiger partial charge in [-0.25, -0.2) is 0 Å². The number of ketones is 2. The molecule has 35 heavy (non-hydrogen) atoms. The number of esters is 1. The first-order valence-electron chi connectivity index (χ1n) is 13.5. The van der Waals surface area contributed by atoms with Crippen LogP contribution >= 0.6 is 0 Å². The van der Waals surface area contributed by atoms with Gasteiger partial charge in [-0.2, -0.15) is 0 Å². The monoisotopic (exact) mass is 488 g/mol. The number of fused-ring (bicyclic) bond motifs is 5. The molecule has 3 saturated carbocycles. The van der Waals surface area contributed by atoms with Crippen molar-refractivity contribution in [3.05, 3.63) is 11.6 Å². The summed E-state index contributed by atoms with van der Waals surface area (Å²) < 4.78 is 17.1. The molecule has 5 aliphatic rings. The molecule has 0 aromatic rings. The lowest BCUT2D eigenvalue weighted by Crippen LogP contribution is -2.72. The van der Waals surface area contributed by atoms with Gasteiger partial charge >= 0.3 is 5.97 Å². The van der Waals surface area contributed by atoms with E-state index >= 15 is 0 Å². The Morgan fingerprint density at radius 3 is 2.57 bits per heavy atom. The lowest BCUT2D eigenvalue weighted by atomic mass is 9.45. The van der Waals surface area contributed by atoms with Crippen molar-refractivity contribution in [3.63, 3.8) is 0 Å². The molecule has 1 saturated heterocycles. The fourth-order valence-corrected chi connectivity index (χ4v) is 8.59. The zero-order valence-corrected chi connectivity index (χ0v) is 21.5. The molecule has 1 heterocycles. The summed E-state index contributed by atoms with van der Waals surface area (Å²) in [5.74, 6) is -1.40. The molecule has 7 heteroatoms. The second-order valence-electron chi connectivity index (χ2n) is 12.0. The van der Waals surface area contributed by atoms with Gasteiger partial charge in [-0.1, -0.05) is 32.8 Å². The summed E-state index contributed by atoms with van der Waals surface area (Å²) >= 11 is 0. The molecule has 4 fully saturated rings. The van der Waals surface area contributed by atoms with E-state index in [1.54, 1.807) is 6.08 Å². The average molecular weight is 489 g/mol. The van der Waals surface area contributed by atoms with Crippen LogP contribution in [0.1, 0.15) is 85.5 Å². The molecule has 1 spiro atoms. The number of carbonyl (C=O) groups is 3. The minimum atomic E-state index is -1.57. The Labute approximate surface area is 207 Å². The van der Waals surface area contributed by atoms with Crippen LogP contribution in [-0.2, 0) is 28.6 Å². The first kappa shape index (κ1) is 25.1. The van der Waals surface area contributed by atoms with E-state index in [4.69, 9.17) is 14.2 Å². The predicted octanol–water partition coefficient (Wildman–Crippen LogP) is 4.11. The number of aliphatic hydroxyl groups is 1.